The second kappa shape index (κ2) is 103. The predicted octanol–water partition coefficient (Wildman–Crippen LogP) is 5.46. The summed E-state index contributed by atoms with van der Waals surface area (Å²) in [4.78, 5) is 19.5. The molecule has 3 nitrogen and oxygen atoms in total. The van der Waals surface area contributed by atoms with Crippen molar-refractivity contribution >= 4 is 21.4 Å². The first-order valence-corrected chi connectivity index (χ1v) is 12.7. The van der Waals surface area contributed by atoms with E-state index < -0.39 is 0 Å². The molecule has 1 radical (unpaired) electrons. The van der Waals surface area contributed by atoms with Gasteiger partial charge >= 0.3 is 118 Å². The summed E-state index contributed by atoms with van der Waals surface area (Å²) < 4.78 is 3.58. The minimum Gasteiger partial charge on any atom is 0 e. The monoisotopic (exact) mass is 823 g/mol. The van der Waals surface area contributed by atoms with E-state index in [1.165, 1.54) is 56.9 Å². The van der Waals surface area contributed by atoms with E-state index in [-0.39, 0.29) is 38.3 Å². The van der Waals surface area contributed by atoms with Crippen molar-refractivity contribution in [2.75, 3.05) is 7.11 Å². The van der Waals surface area contributed by atoms with Crippen LogP contribution in [0.3, 0.4) is 0 Å². The van der Waals surface area contributed by atoms with Crippen LogP contribution >= 0.6 is 0 Å². The zero-order valence-corrected chi connectivity index (χ0v) is 29.0. The Bertz CT molecular complexity index is 342. The molecule has 0 heterocycles. The number of hydrogen-bond acceptors (Lipinski definition) is 3. The van der Waals surface area contributed by atoms with Gasteiger partial charge < -0.3 is 5.11 Å². The van der Waals surface area contributed by atoms with Crippen LogP contribution in [0.1, 0.15) is 69.2 Å². The Hall–Kier alpha value is 0.481. The third-order valence-electron chi connectivity index (χ3n) is 0.993. The second-order valence-electron chi connectivity index (χ2n) is 2.09. The molecule has 29 heavy (non-hydrogen) atoms. The number of aliphatic hydroxyl groups excluding tert-OH is 1. The van der Waals surface area contributed by atoms with Gasteiger partial charge in [-0.25, -0.2) is 0 Å². The largest absolute Gasteiger partial charge is 0 e. The summed E-state index contributed by atoms with van der Waals surface area (Å²) in [6.07, 6.45) is 9.33. The molecule has 0 aromatic rings. The predicted molar refractivity (Wildman–Crippen MR) is 122 cm³/mol. The second-order valence-corrected chi connectivity index (χ2v) is 3.91. The zero-order valence-electron chi connectivity index (χ0n) is 20.3. The molecule has 0 spiro atoms. The number of hydrogen-bond donors (Lipinski definition) is 1. The van der Waals surface area contributed by atoms with Crippen molar-refractivity contribution in [3.05, 3.63) is 48.6 Å². The Labute approximate surface area is 230 Å². The SMILES string of the molecule is CC.CC.CC.CC.CC.CO.[CH-]=C([C-]=O)C=C[CH]=[W].[CH-]=CC=C([C-]=O)[CH]=[W].[Y]. The minimum absolute atomic E-state index is 0. The molecule has 0 bridgehead atoms. The van der Waals surface area contributed by atoms with Crippen LogP contribution in [0.4, 0.5) is 0 Å². The summed E-state index contributed by atoms with van der Waals surface area (Å²) in [5, 5.41) is 7.00. The molecular formula is C23H42O3W2Y-4. The molecule has 0 aromatic heterocycles. The Balaban J connectivity index is -0.0000000254. The minimum atomic E-state index is 0. The molecule has 0 atom stereocenters. The Kier molecular flexibility index (Phi) is 202. The third-order valence-corrected chi connectivity index (χ3v) is 2.47. The van der Waals surface area contributed by atoms with Crippen molar-refractivity contribution < 1.29 is 86.1 Å². The number of allylic oxidation sites excluding steroid dienone is 6. The van der Waals surface area contributed by atoms with Crippen LogP contribution in [0, 0.1) is 13.2 Å². The maximum Gasteiger partial charge on any atom is 0 e. The van der Waals surface area contributed by atoms with Gasteiger partial charge in [0.1, 0.15) is 0 Å². The molecule has 6 heteroatoms. The fraction of sp³-hybridized carbons (Fsp3) is 0.478. The summed E-state index contributed by atoms with van der Waals surface area (Å²) in [5.74, 6) is 0. The normalized spacial score (nSPS) is 6.55. The van der Waals surface area contributed by atoms with Crippen LogP contribution in [-0.4, -0.2) is 33.6 Å². The summed E-state index contributed by atoms with van der Waals surface area (Å²) in [7, 11) is 1.00. The fourth-order valence-electron chi connectivity index (χ4n) is 0.378. The van der Waals surface area contributed by atoms with E-state index in [2.05, 4.69) is 0 Å². The van der Waals surface area contributed by atoms with Crippen LogP contribution in [0.2, 0.25) is 0 Å². The quantitative estimate of drug-likeness (QED) is 0.220. The van der Waals surface area contributed by atoms with E-state index >= 15 is 0 Å². The van der Waals surface area contributed by atoms with Crippen molar-refractivity contribution in [1.29, 1.82) is 0 Å². The topological polar surface area (TPSA) is 54.4 Å². The third kappa shape index (κ3) is 110. The first kappa shape index (κ1) is 57.0. The van der Waals surface area contributed by atoms with Gasteiger partial charge in [0.05, 0.1) is 0 Å². The van der Waals surface area contributed by atoms with E-state index in [4.69, 9.17) is 18.3 Å². The molecule has 0 unspecified atom stereocenters. The number of carbonyl (C=O) groups excluding carboxylic acids is 2. The molecule has 0 aliphatic heterocycles. The molecule has 0 rings (SSSR count). The first-order valence-electron chi connectivity index (χ1n) is 9.31. The first-order chi connectivity index (χ1) is 13.7. The van der Waals surface area contributed by atoms with Gasteiger partial charge in [-0.15, -0.1) is 0 Å². The van der Waals surface area contributed by atoms with Crippen LogP contribution in [0.15, 0.2) is 35.5 Å². The molecule has 0 saturated carbocycles. The molecule has 0 amide bonds. The smallest absolute Gasteiger partial charge is 0 e. The van der Waals surface area contributed by atoms with Crippen molar-refractivity contribution in [3.63, 3.8) is 0 Å². The average Bonchev–Trinajstić information content (AvgIpc) is 2.84. The van der Waals surface area contributed by atoms with Gasteiger partial charge in [-0.05, 0) is 0 Å². The molecule has 0 aromatic carbocycles. The van der Waals surface area contributed by atoms with E-state index in [1.807, 2.05) is 73.6 Å². The maximum atomic E-state index is 9.84. The van der Waals surface area contributed by atoms with Gasteiger partial charge in [-0.2, -0.15) is 0 Å². The molecule has 1 N–H and O–H groups in total. The van der Waals surface area contributed by atoms with E-state index in [0.29, 0.717) is 5.57 Å². The molecule has 0 aliphatic rings. The zero-order chi connectivity index (χ0) is 24.8. The van der Waals surface area contributed by atoms with Crippen molar-refractivity contribution in [1.82, 2.24) is 0 Å². The van der Waals surface area contributed by atoms with Crippen LogP contribution in [0.5, 0.6) is 0 Å². The van der Waals surface area contributed by atoms with Crippen molar-refractivity contribution in [2.45, 2.75) is 69.2 Å². The Morgan fingerprint density at radius 1 is 0.828 bits per heavy atom. The van der Waals surface area contributed by atoms with Gasteiger partial charge in [0.15, 0.2) is 0 Å². The van der Waals surface area contributed by atoms with Gasteiger partial charge in [0, 0.05) is 39.8 Å². The van der Waals surface area contributed by atoms with Gasteiger partial charge in [-0.1, -0.05) is 69.2 Å². The van der Waals surface area contributed by atoms with Gasteiger partial charge in [0.2, 0.25) is 0 Å². The molecule has 0 fully saturated rings. The van der Waals surface area contributed by atoms with E-state index in [0.717, 1.165) is 7.11 Å². The Morgan fingerprint density at radius 3 is 1.31 bits per heavy atom. The maximum absolute atomic E-state index is 9.84. The van der Waals surface area contributed by atoms with Gasteiger partial charge in [-0.3, -0.25) is 0 Å². The molecule has 171 valence electrons. The fourth-order valence-corrected chi connectivity index (χ4v) is 1.12. The van der Waals surface area contributed by atoms with E-state index in [1.54, 1.807) is 23.0 Å². The van der Waals surface area contributed by atoms with Crippen molar-refractivity contribution in [2.24, 2.45) is 0 Å². The molecule has 0 aliphatic carbocycles. The van der Waals surface area contributed by atoms with Crippen LogP contribution < -0.4 is 0 Å². The van der Waals surface area contributed by atoms with Gasteiger partial charge in [0.25, 0.3) is 0 Å². The summed E-state index contributed by atoms with van der Waals surface area (Å²) in [5.41, 5.74) is 0.657. The number of rotatable bonds is 6. The summed E-state index contributed by atoms with van der Waals surface area (Å²) >= 11 is 2.55. The average molecular weight is 823 g/mol. The van der Waals surface area contributed by atoms with Crippen molar-refractivity contribution in [3.8, 4) is 0 Å². The summed E-state index contributed by atoms with van der Waals surface area (Å²) in [6, 6.07) is 0. The molecule has 0 saturated heterocycles. The number of aliphatic hydroxyl groups is 1. The Morgan fingerprint density at radius 2 is 1.17 bits per heavy atom. The molecular weight excluding hydrogens is 781 g/mol. The summed E-state index contributed by atoms with van der Waals surface area (Å²) in [6.45, 7) is 30.0. The van der Waals surface area contributed by atoms with Crippen LogP contribution in [-0.2, 0) is 81.0 Å². The standard InChI is InChI=1S/2C6H4O.5C2H6.CH4O.2W.Y/c2*1-3-4-6(2)5-7;6*1-2;;;/h2*1-4H;5*1-2H3;2H,1H3;;;/q2*-2;;;;;;;;;. The van der Waals surface area contributed by atoms with Crippen LogP contribution in [0.25, 0.3) is 0 Å². The van der Waals surface area contributed by atoms with E-state index in [9.17, 15) is 9.59 Å².